The number of unbranched alkanes of at least 4 members (excludes halogenated alkanes) is 1. The third-order valence-corrected chi connectivity index (χ3v) is 11.5. The zero-order chi connectivity index (χ0) is 25.6. The zero-order valence-electron chi connectivity index (χ0n) is 24.0. The first-order chi connectivity index (χ1) is 17.1. The van der Waals surface area contributed by atoms with Crippen LogP contribution in [0.5, 0.6) is 0 Å². The van der Waals surface area contributed by atoms with Crippen molar-refractivity contribution in [1.29, 1.82) is 0 Å². The van der Waals surface area contributed by atoms with Crippen molar-refractivity contribution < 1.29 is 14.6 Å². The van der Waals surface area contributed by atoms with Gasteiger partial charge in [0.1, 0.15) is 0 Å². The molecule has 36 heavy (non-hydrogen) atoms. The number of hydrogen-bond donors (Lipinski definition) is 1. The molecule has 5 rings (SSSR count). The van der Waals surface area contributed by atoms with Gasteiger partial charge in [0.05, 0.1) is 11.7 Å². The Morgan fingerprint density at radius 1 is 1.11 bits per heavy atom. The monoisotopic (exact) mass is 498 g/mol. The molecule has 0 amide bonds. The quantitative estimate of drug-likeness (QED) is 0.283. The molecular weight excluding hydrogens is 444 g/mol. The lowest BCUT2D eigenvalue weighted by molar-refractivity contribution is -0.195. The third-order valence-electron chi connectivity index (χ3n) is 11.5. The molecule has 4 fully saturated rings. The fourth-order valence-electron chi connectivity index (χ4n) is 9.53. The van der Waals surface area contributed by atoms with Gasteiger partial charge in [-0.3, -0.25) is 0 Å². The Bertz CT molecular complexity index is 830. The number of rotatable bonds is 7. The number of ether oxygens (including phenoxy) is 2. The van der Waals surface area contributed by atoms with Gasteiger partial charge in [0, 0.05) is 6.61 Å². The van der Waals surface area contributed by atoms with Crippen molar-refractivity contribution in [2.75, 3.05) is 6.61 Å². The molecule has 0 radical (unpaired) electrons. The summed E-state index contributed by atoms with van der Waals surface area (Å²) in [6.07, 6.45) is 22.7. The lowest BCUT2D eigenvalue weighted by Gasteiger charge is -2.58. The summed E-state index contributed by atoms with van der Waals surface area (Å²) in [5.74, 6) is 3.35. The van der Waals surface area contributed by atoms with Crippen LogP contribution in [0.4, 0.5) is 0 Å². The summed E-state index contributed by atoms with van der Waals surface area (Å²) >= 11 is 0. The zero-order valence-corrected chi connectivity index (χ0v) is 24.0. The molecule has 8 atom stereocenters. The Labute approximate surface area is 221 Å². The van der Waals surface area contributed by atoms with Crippen molar-refractivity contribution in [3.63, 3.8) is 0 Å². The Balaban J connectivity index is 1.24. The van der Waals surface area contributed by atoms with E-state index in [2.05, 4.69) is 32.9 Å². The van der Waals surface area contributed by atoms with Crippen molar-refractivity contribution in [1.82, 2.24) is 0 Å². The van der Waals surface area contributed by atoms with Gasteiger partial charge in [0.2, 0.25) is 0 Å². The van der Waals surface area contributed by atoms with Gasteiger partial charge in [-0.25, -0.2) is 0 Å². The molecule has 0 aromatic carbocycles. The number of allylic oxidation sites excluding steroid dienone is 3. The second-order valence-corrected chi connectivity index (χ2v) is 14.4. The van der Waals surface area contributed by atoms with E-state index in [-0.39, 0.29) is 6.29 Å². The second kappa shape index (κ2) is 10.5. The molecule has 0 spiro atoms. The Hall–Kier alpha value is -0.640. The molecule has 0 aromatic rings. The number of aliphatic hydroxyl groups is 1. The first-order valence-corrected chi connectivity index (χ1v) is 15.5. The highest BCUT2D eigenvalue weighted by atomic mass is 16.7. The normalized spacial score (nSPS) is 43.4. The minimum absolute atomic E-state index is 0.0438. The Morgan fingerprint density at radius 2 is 1.94 bits per heavy atom. The Kier molecular flexibility index (Phi) is 7.86. The summed E-state index contributed by atoms with van der Waals surface area (Å²) in [4.78, 5) is 0. The van der Waals surface area contributed by atoms with Crippen LogP contribution in [0.1, 0.15) is 125 Å². The van der Waals surface area contributed by atoms with Gasteiger partial charge in [-0.05, 0) is 145 Å². The summed E-state index contributed by atoms with van der Waals surface area (Å²) in [5, 5.41) is 10.1. The van der Waals surface area contributed by atoms with E-state index in [0.717, 1.165) is 62.4 Å². The maximum atomic E-state index is 10.1. The average Bonchev–Trinajstić information content (AvgIpc) is 3.19. The van der Waals surface area contributed by atoms with Gasteiger partial charge >= 0.3 is 0 Å². The molecule has 1 N–H and O–H groups in total. The van der Waals surface area contributed by atoms with E-state index in [4.69, 9.17) is 9.47 Å². The lowest BCUT2D eigenvalue weighted by atomic mass is 9.47. The molecule has 5 aliphatic rings. The highest BCUT2D eigenvalue weighted by Crippen LogP contribution is 2.67. The standard InChI is InChI=1S/C33H54O3/c1-23(10-6-8-18-31(2,3)34)27-14-15-28-26-13-12-24-22-25(36-30-11-7-9-21-35-30)16-19-32(24,4)29(26)17-20-33(27,28)5/h10,12,25-30,34H,6-9,11,13-22H2,1-5H3/b23-10+/t25-,26-,27+,28-,29-,30?,32-,33+/m0/s1. The van der Waals surface area contributed by atoms with Crippen LogP contribution in [0.3, 0.4) is 0 Å². The van der Waals surface area contributed by atoms with Gasteiger partial charge in [-0.2, -0.15) is 0 Å². The third kappa shape index (κ3) is 5.28. The largest absolute Gasteiger partial charge is 0.390 e. The van der Waals surface area contributed by atoms with Gasteiger partial charge in [-0.15, -0.1) is 0 Å². The molecule has 1 saturated heterocycles. The average molecular weight is 499 g/mol. The molecule has 204 valence electrons. The predicted molar refractivity (Wildman–Crippen MR) is 148 cm³/mol. The van der Waals surface area contributed by atoms with Crippen molar-refractivity contribution in [3.8, 4) is 0 Å². The van der Waals surface area contributed by atoms with Crippen molar-refractivity contribution in [2.45, 2.75) is 143 Å². The summed E-state index contributed by atoms with van der Waals surface area (Å²) in [7, 11) is 0. The van der Waals surface area contributed by atoms with Crippen LogP contribution in [0, 0.1) is 34.5 Å². The lowest BCUT2D eigenvalue weighted by Crippen LogP contribution is -2.50. The van der Waals surface area contributed by atoms with E-state index >= 15 is 0 Å². The van der Waals surface area contributed by atoms with Gasteiger partial charge in [0.15, 0.2) is 6.29 Å². The maximum absolute atomic E-state index is 10.1. The fraction of sp³-hybridized carbons (Fsp3) is 0.879. The van der Waals surface area contributed by atoms with Crippen LogP contribution >= 0.6 is 0 Å². The number of fused-ring (bicyclic) bond motifs is 5. The van der Waals surface area contributed by atoms with E-state index in [9.17, 15) is 5.11 Å². The van der Waals surface area contributed by atoms with E-state index in [1.165, 1.54) is 57.8 Å². The minimum Gasteiger partial charge on any atom is -0.390 e. The molecule has 0 aromatic heterocycles. The molecule has 1 heterocycles. The van der Waals surface area contributed by atoms with Crippen LogP contribution in [-0.4, -0.2) is 29.7 Å². The molecule has 0 bridgehead atoms. The van der Waals surface area contributed by atoms with E-state index < -0.39 is 5.60 Å². The van der Waals surface area contributed by atoms with Gasteiger partial charge in [-0.1, -0.05) is 37.1 Å². The van der Waals surface area contributed by atoms with Crippen molar-refractivity contribution in [2.24, 2.45) is 34.5 Å². The molecular formula is C33H54O3. The highest BCUT2D eigenvalue weighted by Gasteiger charge is 2.58. The Morgan fingerprint density at radius 3 is 2.69 bits per heavy atom. The van der Waals surface area contributed by atoms with Crippen LogP contribution in [0.25, 0.3) is 0 Å². The molecule has 1 unspecified atom stereocenters. The van der Waals surface area contributed by atoms with Crippen LogP contribution in [0.2, 0.25) is 0 Å². The van der Waals surface area contributed by atoms with Crippen LogP contribution < -0.4 is 0 Å². The fourth-order valence-corrected chi connectivity index (χ4v) is 9.53. The SMILES string of the molecule is C/C(=C\CCCC(C)(C)O)[C@H]1CC[C@H]2[C@@H]3CC=C4C[C@@H](OC5CCCCO5)CC[C@]4(C)[C@H]3CC[C@]12C. The van der Waals surface area contributed by atoms with E-state index in [1.807, 2.05) is 13.8 Å². The molecule has 3 nitrogen and oxygen atoms in total. The smallest absolute Gasteiger partial charge is 0.157 e. The van der Waals surface area contributed by atoms with Crippen LogP contribution in [0.15, 0.2) is 23.3 Å². The molecule has 3 heteroatoms. The van der Waals surface area contributed by atoms with Crippen LogP contribution in [-0.2, 0) is 9.47 Å². The van der Waals surface area contributed by atoms with E-state index in [1.54, 1.807) is 11.1 Å². The second-order valence-electron chi connectivity index (χ2n) is 14.4. The summed E-state index contributed by atoms with van der Waals surface area (Å²) in [6.45, 7) is 12.4. The summed E-state index contributed by atoms with van der Waals surface area (Å²) in [5.41, 5.74) is 3.67. The molecule has 4 aliphatic carbocycles. The first-order valence-electron chi connectivity index (χ1n) is 15.5. The topological polar surface area (TPSA) is 38.7 Å². The van der Waals surface area contributed by atoms with Gasteiger partial charge in [0.25, 0.3) is 0 Å². The number of hydrogen-bond acceptors (Lipinski definition) is 3. The minimum atomic E-state index is -0.539. The molecule has 3 saturated carbocycles. The first kappa shape index (κ1) is 26.9. The van der Waals surface area contributed by atoms with Crippen molar-refractivity contribution in [3.05, 3.63) is 23.3 Å². The molecule has 1 aliphatic heterocycles. The highest BCUT2D eigenvalue weighted by molar-refractivity contribution is 5.26. The van der Waals surface area contributed by atoms with Crippen molar-refractivity contribution >= 4 is 0 Å². The summed E-state index contributed by atoms with van der Waals surface area (Å²) < 4.78 is 12.4. The van der Waals surface area contributed by atoms with Gasteiger partial charge < -0.3 is 14.6 Å². The summed E-state index contributed by atoms with van der Waals surface area (Å²) in [6, 6.07) is 0. The predicted octanol–water partition coefficient (Wildman–Crippen LogP) is 8.36. The van der Waals surface area contributed by atoms with E-state index in [0.29, 0.717) is 16.9 Å². The maximum Gasteiger partial charge on any atom is 0.157 e.